The van der Waals surface area contributed by atoms with Crippen molar-refractivity contribution in [1.82, 2.24) is 0 Å². The van der Waals surface area contributed by atoms with Gasteiger partial charge in [0.1, 0.15) is 0 Å². The second-order valence-corrected chi connectivity index (χ2v) is 5.08. The Morgan fingerprint density at radius 3 is 2.24 bits per heavy atom. The SMILES string of the molecule is Cc1ccccc1C(=O)c1ccc(C(=O)O)cc1N(C)C. The number of ketones is 1. The maximum atomic E-state index is 12.7. The topological polar surface area (TPSA) is 57.6 Å². The zero-order valence-corrected chi connectivity index (χ0v) is 12.3. The van der Waals surface area contributed by atoms with E-state index in [0.29, 0.717) is 16.8 Å². The Bertz CT molecular complexity index is 705. The van der Waals surface area contributed by atoms with Crippen LogP contribution in [-0.4, -0.2) is 31.0 Å². The van der Waals surface area contributed by atoms with Crippen LogP contribution in [0.1, 0.15) is 31.8 Å². The van der Waals surface area contributed by atoms with Crippen molar-refractivity contribution >= 4 is 17.4 Å². The number of anilines is 1. The zero-order valence-electron chi connectivity index (χ0n) is 12.3. The van der Waals surface area contributed by atoms with Gasteiger partial charge in [-0.15, -0.1) is 0 Å². The minimum absolute atomic E-state index is 0.103. The number of carboxylic acids is 1. The highest BCUT2D eigenvalue weighted by Crippen LogP contribution is 2.24. The van der Waals surface area contributed by atoms with Crippen LogP contribution < -0.4 is 4.90 Å². The zero-order chi connectivity index (χ0) is 15.6. The molecule has 2 rings (SSSR count). The molecule has 21 heavy (non-hydrogen) atoms. The van der Waals surface area contributed by atoms with E-state index in [1.54, 1.807) is 31.1 Å². The molecule has 2 aromatic carbocycles. The van der Waals surface area contributed by atoms with Crippen LogP contribution >= 0.6 is 0 Å². The maximum Gasteiger partial charge on any atom is 0.335 e. The minimum atomic E-state index is -1.01. The molecule has 0 amide bonds. The Balaban J connectivity index is 2.56. The monoisotopic (exact) mass is 283 g/mol. The van der Waals surface area contributed by atoms with Crippen LogP contribution in [0.5, 0.6) is 0 Å². The molecule has 0 unspecified atom stereocenters. The van der Waals surface area contributed by atoms with E-state index < -0.39 is 5.97 Å². The van der Waals surface area contributed by atoms with Gasteiger partial charge < -0.3 is 10.0 Å². The predicted molar refractivity (Wildman–Crippen MR) is 82.3 cm³/mol. The molecule has 4 nitrogen and oxygen atoms in total. The molecule has 0 bridgehead atoms. The third-order valence-corrected chi connectivity index (χ3v) is 3.36. The van der Waals surface area contributed by atoms with Gasteiger partial charge in [-0.3, -0.25) is 4.79 Å². The highest BCUT2D eigenvalue weighted by Gasteiger charge is 2.18. The average Bonchev–Trinajstić information content (AvgIpc) is 2.46. The van der Waals surface area contributed by atoms with Crippen LogP contribution in [0.25, 0.3) is 0 Å². The number of rotatable bonds is 4. The molecule has 0 spiro atoms. The molecule has 0 fully saturated rings. The van der Waals surface area contributed by atoms with E-state index in [9.17, 15) is 9.59 Å². The van der Waals surface area contributed by atoms with Crippen molar-refractivity contribution in [3.63, 3.8) is 0 Å². The van der Waals surface area contributed by atoms with Gasteiger partial charge in [-0.05, 0) is 30.7 Å². The number of carbonyl (C=O) groups is 2. The molecule has 0 aliphatic rings. The van der Waals surface area contributed by atoms with Gasteiger partial charge in [-0.25, -0.2) is 4.79 Å². The fraction of sp³-hybridized carbons (Fsp3) is 0.176. The lowest BCUT2D eigenvalue weighted by Crippen LogP contribution is -2.16. The smallest absolute Gasteiger partial charge is 0.335 e. The van der Waals surface area contributed by atoms with Crippen LogP contribution in [0.15, 0.2) is 42.5 Å². The van der Waals surface area contributed by atoms with Gasteiger partial charge in [-0.1, -0.05) is 24.3 Å². The molecule has 2 aromatic rings. The predicted octanol–water partition coefficient (Wildman–Crippen LogP) is 2.99. The largest absolute Gasteiger partial charge is 0.478 e. The molecule has 0 saturated heterocycles. The standard InChI is InChI=1S/C17H17NO3/c1-11-6-4-5-7-13(11)16(19)14-9-8-12(17(20)21)10-15(14)18(2)3/h4-10H,1-3H3,(H,20,21). The van der Waals surface area contributed by atoms with Crippen LogP contribution in [-0.2, 0) is 0 Å². The van der Waals surface area contributed by atoms with E-state index in [1.807, 2.05) is 25.1 Å². The first-order valence-corrected chi connectivity index (χ1v) is 6.57. The number of hydrogen-bond donors (Lipinski definition) is 1. The number of benzene rings is 2. The van der Waals surface area contributed by atoms with Gasteiger partial charge in [0, 0.05) is 30.9 Å². The normalized spacial score (nSPS) is 10.2. The van der Waals surface area contributed by atoms with Crippen molar-refractivity contribution in [3.05, 3.63) is 64.7 Å². The first-order valence-electron chi connectivity index (χ1n) is 6.57. The summed E-state index contributed by atoms with van der Waals surface area (Å²) >= 11 is 0. The highest BCUT2D eigenvalue weighted by atomic mass is 16.4. The lowest BCUT2D eigenvalue weighted by Gasteiger charge is -2.18. The third kappa shape index (κ3) is 2.94. The number of nitrogens with zero attached hydrogens (tertiary/aromatic N) is 1. The van der Waals surface area contributed by atoms with Gasteiger partial charge in [0.05, 0.1) is 5.56 Å². The van der Waals surface area contributed by atoms with Crippen molar-refractivity contribution in [2.45, 2.75) is 6.92 Å². The quantitative estimate of drug-likeness (QED) is 0.876. The van der Waals surface area contributed by atoms with Crippen LogP contribution in [0, 0.1) is 6.92 Å². The Hall–Kier alpha value is -2.62. The summed E-state index contributed by atoms with van der Waals surface area (Å²) in [6.45, 7) is 1.88. The summed E-state index contributed by atoms with van der Waals surface area (Å²) in [6.07, 6.45) is 0. The second kappa shape index (κ2) is 5.79. The van der Waals surface area contributed by atoms with Gasteiger partial charge in [-0.2, -0.15) is 0 Å². The Morgan fingerprint density at radius 2 is 1.67 bits per heavy atom. The average molecular weight is 283 g/mol. The summed E-state index contributed by atoms with van der Waals surface area (Å²) in [5.74, 6) is -1.11. The number of carbonyl (C=O) groups excluding carboxylic acids is 1. The number of aromatic carboxylic acids is 1. The first kappa shape index (κ1) is 14.8. The molecule has 1 N–H and O–H groups in total. The summed E-state index contributed by atoms with van der Waals surface area (Å²) in [4.78, 5) is 25.5. The molecule has 0 aromatic heterocycles. The minimum Gasteiger partial charge on any atom is -0.478 e. The van der Waals surface area contributed by atoms with Gasteiger partial charge in [0.25, 0.3) is 0 Å². The lowest BCUT2D eigenvalue weighted by atomic mass is 9.96. The van der Waals surface area contributed by atoms with E-state index in [-0.39, 0.29) is 11.3 Å². The molecular weight excluding hydrogens is 266 g/mol. The van der Waals surface area contributed by atoms with Crippen LogP contribution in [0.3, 0.4) is 0 Å². The molecule has 0 heterocycles. The van der Waals surface area contributed by atoms with Gasteiger partial charge in [0.2, 0.25) is 0 Å². The summed E-state index contributed by atoms with van der Waals surface area (Å²) in [5.41, 5.74) is 2.79. The van der Waals surface area contributed by atoms with Crippen LogP contribution in [0.4, 0.5) is 5.69 Å². The van der Waals surface area contributed by atoms with E-state index in [1.165, 1.54) is 12.1 Å². The molecular formula is C17H17NO3. The number of carboxylic acid groups (broad SMARTS) is 1. The second-order valence-electron chi connectivity index (χ2n) is 5.08. The van der Waals surface area contributed by atoms with Gasteiger partial charge in [0.15, 0.2) is 5.78 Å². The molecule has 0 aliphatic heterocycles. The Labute approximate surface area is 123 Å². The van der Waals surface area contributed by atoms with Crippen LogP contribution in [0.2, 0.25) is 0 Å². The third-order valence-electron chi connectivity index (χ3n) is 3.36. The van der Waals surface area contributed by atoms with Crippen molar-refractivity contribution in [3.8, 4) is 0 Å². The van der Waals surface area contributed by atoms with Crippen molar-refractivity contribution in [2.24, 2.45) is 0 Å². The molecule has 4 heteroatoms. The fourth-order valence-electron chi connectivity index (χ4n) is 2.20. The maximum absolute atomic E-state index is 12.7. The van der Waals surface area contributed by atoms with Gasteiger partial charge >= 0.3 is 5.97 Å². The molecule has 0 radical (unpaired) electrons. The van der Waals surface area contributed by atoms with Crippen molar-refractivity contribution < 1.29 is 14.7 Å². The number of aryl methyl sites for hydroxylation is 1. The summed E-state index contributed by atoms with van der Waals surface area (Å²) < 4.78 is 0. The Morgan fingerprint density at radius 1 is 1.00 bits per heavy atom. The molecule has 0 aliphatic carbocycles. The summed E-state index contributed by atoms with van der Waals surface area (Å²) in [7, 11) is 3.57. The Kier molecular flexibility index (Phi) is 4.08. The molecule has 108 valence electrons. The summed E-state index contributed by atoms with van der Waals surface area (Å²) in [5, 5.41) is 9.08. The highest BCUT2D eigenvalue weighted by molar-refractivity contribution is 6.13. The van der Waals surface area contributed by atoms with E-state index in [0.717, 1.165) is 5.56 Å². The molecule has 0 atom stereocenters. The van der Waals surface area contributed by atoms with Crippen molar-refractivity contribution in [1.29, 1.82) is 0 Å². The van der Waals surface area contributed by atoms with E-state index in [4.69, 9.17) is 5.11 Å². The summed E-state index contributed by atoms with van der Waals surface area (Å²) in [6, 6.07) is 11.9. The van der Waals surface area contributed by atoms with Crippen molar-refractivity contribution in [2.75, 3.05) is 19.0 Å². The van der Waals surface area contributed by atoms with E-state index in [2.05, 4.69) is 0 Å². The first-order chi connectivity index (χ1) is 9.91. The van der Waals surface area contributed by atoms with E-state index >= 15 is 0 Å². The lowest BCUT2D eigenvalue weighted by molar-refractivity contribution is 0.0696. The number of hydrogen-bond acceptors (Lipinski definition) is 3. The fourth-order valence-corrected chi connectivity index (χ4v) is 2.20. The molecule has 0 saturated carbocycles.